The van der Waals surface area contributed by atoms with Crippen molar-refractivity contribution in [1.29, 1.82) is 0 Å². The number of hydrogen-bond acceptors (Lipinski definition) is 6. The molecule has 0 aliphatic rings. The van der Waals surface area contributed by atoms with E-state index in [-0.39, 0.29) is 5.56 Å². The van der Waals surface area contributed by atoms with Crippen molar-refractivity contribution in [2.75, 3.05) is 7.11 Å². The molecular weight excluding hydrogens is 388 g/mol. The van der Waals surface area contributed by atoms with Crippen LogP contribution in [0.1, 0.15) is 28.5 Å². The fourth-order valence-corrected chi connectivity index (χ4v) is 4.03. The second kappa shape index (κ2) is 7.48. The predicted molar refractivity (Wildman–Crippen MR) is 114 cm³/mol. The summed E-state index contributed by atoms with van der Waals surface area (Å²) in [4.78, 5) is 33.7. The second-order valence-corrected chi connectivity index (χ2v) is 7.46. The maximum atomic E-state index is 13.0. The van der Waals surface area contributed by atoms with Gasteiger partial charge in [-0.05, 0) is 50.2 Å². The first kappa shape index (κ1) is 18.8. The molecular formula is C21H18N4O3S. The quantitative estimate of drug-likeness (QED) is 0.410. The number of aromatic nitrogens is 3. The number of esters is 1. The lowest BCUT2D eigenvalue weighted by Crippen LogP contribution is -2.19. The SMILES string of the molecule is COC(=O)c1ccc(N=C(C)c2c(C)[nH]n(-c3nc4ccccc4s3)c2=O)cc1. The fraction of sp³-hybridized carbons (Fsp3) is 0.143. The normalized spacial score (nSPS) is 11.8. The molecule has 7 nitrogen and oxygen atoms in total. The van der Waals surface area contributed by atoms with Crippen LogP contribution in [0.3, 0.4) is 0 Å². The van der Waals surface area contributed by atoms with E-state index in [1.54, 1.807) is 31.2 Å². The average molecular weight is 406 g/mol. The number of fused-ring (bicyclic) bond motifs is 1. The van der Waals surface area contributed by atoms with Gasteiger partial charge in [0.2, 0.25) is 5.13 Å². The second-order valence-electron chi connectivity index (χ2n) is 6.45. The Bertz CT molecular complexity index is 1260. The number of aliphatic imine (C=N–C) groups is 1. The van der Waals surface area contributed by atoms with Gasteiger partial charge < -0.3 is 4.74 Å². The third-order valence-electron chi connectivity index (χ3n) is 4.49. The molecule has 8 heteroatoms. The summed E-state index contributed by atoms with van der Waals surface area (Å²) in [6.45, 7) is 3.62. The minimum Gasteiger partial charge on any atom is -0.465 e. The summed E-state index contributed by atoms with van der Waals surface area (Å²) in [5, 5.41) is 3.68. The number of rotatable bonds is 4. The van der Waals surface area contributed by atoms with Crippen molar-refractivity contribution >= 4 is 38.9 Å². The van der Waals surface area contributed by atoms with Gasteiger partial charge in [0, 0.05) is 5.69 Å². The standard InChI is InChI=1S/C21H18N4O3S/c1-12(22-15-10-8-14(9-11-15)20(27)28-3)18-13(2)24-25(19(18)26)21-23-16-6-4-5-7-17(16)29-21/h4-11,24H,1-3H3. The number of hydrogen-bond donors (Lipinski definition) is 1. The number of carbonyl (C=O) groups is 1. The highest BCUT2D eigenvalue weighted by molar-refractivity contribution is 7.20. The number of para-hydroxylation sites is 1. The van der Waals surface area contributed by atoms with E-state index < -0.39 is 5.97 Å². The molecule has 0 aliphatic carbocycles. The molecule has 2 aromatic carbocycles. The van der Waals surface area contributed by atoms with Gasteiger partial charge >= 0.3 is 5.97 Å². The van der Waals surface area contributed by atoms with Crippen molar-refractivity contribution in [2.24, 2.45) is 4.99 Å². The molecule has 0 bridgehead atoms. The molecule has 4 aromatic rings. The lowest BCUT2D eigenvalue weighted by Gasteiger charge is -2.01. The van der Waals surface area contributed by atoms with Crippen LogP contribution < -0.4 is 5.56 Å². The number of H-pyrrole nitrogens is 1. The van der Waals surface area contributed by atoms with Crippen LogP contribution in [0.4, 0.5) is 5.69 Å². The summed E-state index contributed by atoms with van der Waals surface area (Å²) in [7, 11) is 1.34. The molecule has 0 saturated heterocycles. The van der Waals surface area contributed by atoms with E-state index in [1.807, 2.05) is 31.2 Å². The van der Waals surface area contributed by atoms with Crippen LogP contribution in [0.25, 0.3) is 15.3 Å². The topological polar surface area (TPSA) is 89.3 Å². The number of methoxy groups -OCH3 is 1. The molecule has 0 radical (unpaired) electrons. The van der Waals surface area contributed by atoms with Gasteiger partial charge in [0.25, 0.3) is 5.56 Å². The number of nitrogens with one attached hydrogen (secondary N) is 1. The minimum absolute atomic E-state index is 0.200. The van der Waals surface area contributed by atoms with Crippen molar-refractivity contribution in [2.45, 2.75) is 13.8 Å². The maximum absolute atomic E-state index is 13.0. The Morgan fingerprint density at radius 3 is 2.59 bits per heavy atom. The van der Waals surface area contributed by atoms with Gasteiger partial charge in [0.15, 0.2) is 0 Å². The molecule has 0 amide bonds. The number of thiazole rings is 1. The maximum Gasteiger partial charge on any atom is 0.337 e. The van der Waals surface area contributed by atoms with Crippen molar-refractivity contribution in [3.8, 4) is 5.13 Å². The van der Waals surface area contributed by atoms with Crippen LogP contribution in [-0.2, 0) is 4.74 Å². The van der Waals surface area contributed by atoms with Crippen molar-refractivity contribution in [3.05, 3.63) is 75.7 Å². The monoisotopic (exact) mass is 406 g/mol. The molecule has 0 unspecified atom stereocenters. The lowest BCUT2D eigenvalue weighted by molar-refractivity contribution is 0.0601. The Kier molecular flexibility index (Phi) is 4.85. The van der Waals surface area contributed by atoms with Crippen LogP contribution in [0.2, 0.25) is 0 Å². The van der Waals surface area contributed by atoms with E-state index in [4.69, 9.17) is 4.74 Å². The van der Waals surface area contributed by atoms with Crippen molar-refractivity contribution in [3.63, 3.8) is 0 Å². The van der Waals surface area contributed by atoms with Crippen LogP contribution in [-0.4, -0.2) is 33.6 Å². The van der Waals surface area contributed by atoms with E-state index in [9.17, 15) is 9.59 Å². The lowest BCUT2D eigenvalue weighted by atomic mass is 10.1. The molecule has 0 saturated carbocycles. The molecule has 2 heterocycles. The number of nitrogens with zero attached hydrogens (tertiary/aromatic N) is 3. The van der Waals surface area contributed by atoms with Gasteiger partial charge in [-0.1, -0.05) is 23.5 Å². The summed E-state index contributed by atoms with van der Waals surface area (Å²) in [5.41, 5.74) is 3.53. The summed E-state index contributed by atoms with van der Waals surface area (Å²) >= 11 is 1.45. The summed E-state index contributed by atoms with van der Waals surface area (Å²) in [5.74, 6) is -0.405. The first-order chi connectivity index (χ1) is 14.0. The van der Waals surface area contributed by atoms with Gasteiger partial charge in [-0.2, -0.15) is 4.68 Å². The zero-order valence-corrected chi connectivity index (χ0v) is 16.9. The van der Waals surface area contributed by atoms with E-state index in [2.05, 4.69) is 15.1 Å². The molecule has 0 fully saturated rings. The first-order valence-electron chi connectivity index (χ1n) is 8.89. The number of ether oxygens (including phenoxy) is 1. The average Bonchev–Trinajstić information content (AvgIpc) is 3.28. The fourth-order valence-electron chi connectivity index (χ4n) is 3.10. The molecule has 146 valence electrons. The molecule has 1 N–H and O–H groups in total. The zero-order valence-electron chi connectivity index (χ0n) is 16.1. The van der Waals surface area contributed by atoms with Crippen LogP contribution in [0, 0.1) is 6.92 Å². The van der Waals surface area contributed by atoms with Gasteiger partial charge in [-0.3, -0.25) is 14.9 Å². The van der Waals surface area contributed by atoms with Gasteiger partial charge in [-0.25, -0.2) is 9.78 Å². The molecule has 4 rings (SSSR count). The summed E-state index contributed by atoms with van der Waals surface area (Å²) < 4.78 is 7.16. The van der Waals surface area contributed by atoms with E-state index >= 15 is 0 Å². The third-order valence-corrected chi connectivity index (χ3v) is 5.51. The summed E-state index contributed by atoms with van der Waals surface area (Å²) in [6.07, 6.45) is 0. The Morgan fingerprint density at radius 1 is 1.17 bits per heavy atom. The summed E-state index contributed by atoms with van der Waals surface area (Å²) in [6, 6.07) is 14.5. The minimum atomic E-state index is -0.405. The Hall–Kier alpha value is -3.52. The number of carbonyl (C=O) groups excluding carboxylic acids is 1. The molecule has 0 spiro atoms. The molecule has 2 aromatic heterocycles. The third kappa shape index (κ3) is 3.50. The highest BCUT2D eigenvalue weighted by atomic mass is 32.1. The largest absolute Gasteiger partial charge is 0.465 e. The van der Waals surface area contributed by atoms with Gasteiger partial charge in [-0.15, -0.1) is 0 Å². The predicted octanol–water partition coefficient (Wildman–Crippen LogP) is 4.01. The van der Waals surface area contributed by atoms with Crippen molar-refractivity contribution < 1.29 is 9.53 Å². The van der Waals surface area contributed by atoms with Gasteiger partial charge in [0.1, 0.15) is 0 Å². The highest BCUT2D eigenvalue weighted by Gasteiger charge is 2.17. The Morgan fingerprint density at radius 2 is 1.90 bits per heavy atom. The van der Waals surface area contributed by atoms with Crippen LogP contribution in [0.5, 0.6) is 0 Å². The van der Waals surface area contributed by atoms with Gasteiger partial charge in [0.05, 0.1) is 39.9 Å². The number of aryl methyl sites for hydroxylation is 1. The molecule has 29 heavy (non-hydrogen) atoms. The highest BCUT2D eigenvalue weighted by Crippen LogP contribution is 2.24. The van der Waals surface area contributed by atoms with Crippen molar-refractivity contribution in [1.82, 2.24) is 14.8 Å². The van der Waals surface area contributed by atoms with E-state index in [0.717, 1.165) is 10.2 Å². The smallest absolute Gasteiger partial charge is 0.337 e. The van der Waals surface area contributed by atoms with Crippen LogP contribution in [0.15, 0.2) is 58.3 Å². The molecule has 0 aliphatic heterocycles. The van der Waals surface area contributed by atoms with E-state index in [1.165, 1.54) is 23.1 Å². The van der Waals surface area contributed by atoms with Crippen LogP contribution >= 0.6 is 11.3 Å². The number of aromatic amines is 1. The number of benzene rings is 2. The molecule has 0 atom stereocenters. The Balaban J connectivity index is 1.71. The zero-order chi connectivity index (χ0) is 20.5. The first-order valence-corrected chi connectivity index (χ1v) is 9.71. The Labute approximate surface area is 170 Å². The van der Waals surface area contributed by atoms with E-state index in [0.29, 0.717) is 33.4 Å².